The van der Waals surface area contributed by atoms with E-state index in [1.54, 1.807) is 22.7 Å². The Morgan fingerprint density at radius 1 is 1.37 bits per heavy atom. The Kier molecular flexibility index (Phi) is 6.10. The highest BCUT2D eigenvalue weighted by Gasteiger charge is 2.05. The molecule has 0 amide bonds. The number of thiazole rings is 1. The second kappa shape index (κ2) is 7.60. The quantitative estimate of drug-likeness (QED) is 0.684. The van der Waals surface area contributed by atoms with Gasteiger partial charge in [-0.05, 0) is 32.1 Å². The van der Waals surface area contributed by atoms with Crippen molar-refractivity contribution in [1.82, 2.24) is 9.88 Å². The lowest BCUT2D eigenvalue weighted by molar-refractivity contribution is 0.325. The Balaban J connectivity index is 1.70. The summed E-state index contributed by atoms with van der Waals surface area (Å²) >= 11 is 15.0. The van der Waals surface area contributed by atoms with Crippen LogP contribution in [0.2, 0.25) is 4.34 Å². The fourth-order valence-electron chi connectivity index (χ4n) is 1.81. The van der Waals surface area contributed by atoms with Gasteiger partial charge in [-0.1, -0.05) is 11.6 Å². The van der Waals surface area contributed by atoms with E-state index < -0.39 is 0 Å². The molecule has 0 aliphatic carbocycles. The molecule has 2 nitrogen and oxygen atoms in total. The van der Waals surface area contributed by atoms with Crippen molar-refractivity contribution in [2.45, 2.75) is 25.3 Å². The number of alkyl halides is 1. The second-order valence-corrected chi connectivity index (χ2v) is 7.42. The van der Waals surface area contributed by atoms with Crippen LogP contribution in [-0.4, -0.2) is 23.5 Å². The zero-order chi connectivity index (χ0) is 13.7. The third-order valence-electron chi connectivity index (χ3n) is 2.72. The van der Waals surface area contributed by atoms with Gasteiger partial charge in [0, 0.05) is 23.2 Å². The summed E-state index contributed by atoms with van der Waals surface area (Å²) in [5, 5.41) is 3.22. The van der Waals surface area contributed by atoms with Crippen molar-refractivity contribution in [3.05, 3.63) is 37.4 Å². The zero-order valence-electron chi connectivity index (χ0n) is 10.7. The van der Waals surface area contributed by atoms with Crippen LogP contribution in [-0.2, 0) is 18.8 Å². The van der Waals surface area contributed by atoms with Crippen LogP contribution in [0.5, 0.6) is 0 Å². The fraction of sp³-hybridized carbons (Fsp3) is 0.462. The van der Waals surface area contributed by atoms with Crippen molar-refractivity contribution in [2.75, 3.05) is 13.6 Å². The minimum Gasteiger partial charge on any atom is -0.301 e. The molecule has 19 heavy (non-hydrogen) atoms. The van der Waals surface area contributed by atoms with Crippen LogP contribution in [0.15, 0.2) is 17.5 Å². The lowest BCUT2D eigenvalue weighted by atomic mass is 10.3. The van der Waals surface area contributed by atoms with Gasteiger partial charge in [0.2, 0.25) is 0 Å². The molecule has 0 bridgehead atoms. The Labute approximate surface area is 132 Å². The van der Waals surface area contributed by atoms with Crippen molar-refractivity contribution in [3.8, 4) is 0 Å². The SMILES string of the molecule is CN(CCCc1nc(CCl)cs1)Cc1ccc(Cl)s1. The molecule has 0 atom stereocenters. The molecule has 0 saturated heterocycles. The number of nitrogens with zero attached hydrogens (tertiary/aromatic N) is 2. The first kappa shape index (κ1) is 15.3. The molecular formula is C13H16Cl2N2S2. The number of rotatable bonds is 7. The van der Waals surface area contributed by atoms with Gasteiger partial charge in [-0.3, -0.25) is 0 Å². The first-order chi connectivity index (χ1) is 9.17. The smallest absolute Gasteiger partial charge is 0.0931 e. The fourth-order valence-corrected chi connectivity index (χ4v) is 4.04. The van der Waals surface area contributed by atoms with Crippen molar-refractivity contribution in [3.63, 3.8) is 0 Å². The molecule has 0 fully saturated rings. The van der Waals surface area contributed by atoms with Crippen LogP contribution in [0.1, 0.15) is 22.0 Å². The third-order valence-corrected chi connectivity index (χ3v) is 5.17. The minimum atomic E-state index is 0.509. The maximum atomic E-state index is 5.93. The molecule has 2 rings (SSSR count). The maximum absolute atomic E-state index is 5.93. The van der Waals surface area contributed by atoms with E-state index in [1.807, 2.05) is 11.4 Å². The summed E-state index contributed by atoms with van der Waals surface area (Å²) < 4.78 is 0.861. The van der Waals surface area contributed by atoms with Crippen LogP contribution in [0.3, 0.4) is 0 Å². The number of halogens is 2. The van der Waals surface area contributed by atoms with E-state index in [0.29, 0.717) is 5.88 Å². The number of aryl methyl sites for hydroxylation is 1. The summed E-state index contributed by atoms with van der Waals surface area (Å²) in [6, 6.07) is 4.05. The lowest BCUT2D eigenvalue weighted by Crippen LogP contribution is -2.18. The Morgan fingerprint density at radius 2 is 2.21 bits per heavy atom. The summed E-state index contributed by atoms with van der Waals surface area (Å²) in [7, 11) is 2.14. The van der Waals surface area contributed by atoms with Crippen LogP contribution >= 0.6 is 45.9 Å². The molecular weight excluding hydrogens is 319 g/mol. The summed E-state index contributed by atoms with van der Waals surface area (Å²) in [5.41, 5.74) is 0.989. The molecule has 2 aromatic heterocycles. The van der Waals surface area contributed by atoms with Gasteiger partial charge in [-0.15, -0.1) is 34.3 Å². The highest BCUT2D eigenvalue weighted by molar-refractivity contribution is 7.16. The average molecular weight is 335 g/mol. The van der Waals surface area contributed by atoms with Crippen LogP contribution in [0.4, 0.5) is 0 Å². The predicted molar refractivity (Wildman–Crippen MR) is 85.7 cm³/mol. The van der Waals surface area contributed by atoms with E-state index in [9.17, 15) is 0 Å². The molecule has 2 aromatic rings. The molecule has 0 aromatic carbocycles. The summed E-state index contributed by atoms with van der Waals surface area (Å²) in [6.45, 7) is 2.02. The zero-order valence-corrected chi connectivity index (χ0v) is 13.9. The van der Waals surface area contributed by atoms with Gasteiger partial charge in [0.25, 0.3) is 0 Å². The molecule has 0 aliphatic heterocycles. The number of hydrogen-bond donors (Lipinski definition) is 0. The Morgan fingerprint density at radius 3 is 2.84 bits per heavy atom. The molecule has 0 unspecified atom stereocenters. The summed E-state index contributed by atoms with van der Waals surface area (Å²) in [5.74, 6) is 0.509. The number of aromatic nitrogens is 1. The molecule has 6 heteroatoms. The van der Waals surface area contributed by atoms with Crippen molar-refractivity contribution < 1.29 is 0 Å². The van der Waals surface area contributed by atoms with Crippen LogP contribution in [0.25, 0.3) is 0 Å². The van der Waals surface area contributed by atoms with Gasteiger partial charge in [0.05, 0.1) is 20.9 Å². The van der Waals surface area contributed by atoms with E-state index in [0.717, 1.165) is 36.0 Å². The first-order valence-electron chi connectivity index (χ1n) is 6.09. The standard InChI is InChI=1S/C13H16Cl2N2S2/c1-17(8-11-4-5-12(15)19-11)6-2-3-13-16-10(7-14)9-18-13/h4-5,9H,2-3,6-8H2,1H3. The van der Waals surface area contributed by atoms with Gasteiger partial charge in [-0.25, -0.2) is 4.98 Å². The van der Waals surface area contributed by atoms with Crippen molar-refractivity contribution in [2.24, 2.45) is 0 Å². The largest absolute Gasteiger partial charge is 0.301 e. The predicted octanol–water partition coefficient (Wildman–Crippen LogP) is 4.66. The molecule has 0 radical (unpaired) electrons. The normalized spacial score (nSPS) is 11.4. The molecule has 2 heterocycles. The van der Waals surface area contributed by atoms with Gasteiger partial charge in [0.15, 0.2) is 0 Å². The van der Waals surface area contributed by atoms with Gasteiger partial charge in [0.1, 0.15) is 0 Å². The minimum absolute atomic E-state index is 0.509. The molecule has 0 saturated carbocycles. The van der Waals surface area contributed by atoms with Crippen LogP contribution < -0.4 is 0 Å². The van der Waals surface area contributed by atoms with Gasteiger partial charge < -0.3 is 4.90 Å². The third kappa shape index (κ3) is 5.04. The number of thiophene rings is 1. The molecule has 0 N–H and O–H groups in total. The van der Waals surface area contributed by atoms with Gasteiger partial charge in [-0.2, -0.15) is 0 Å². The van der Waals surface area contributed by atoms with E-state index in [-0.39, 0.29) is 0 Å². The number of hydrogen-bond acceptors (Lipinski definition) is 4. The summed E-state index contributed by atoms with van der Waals surface area (Å²) in [4.78, 5) is 8.09. The van der Waals surface area contributed by atoms with Crippen molar-refractivity contribution >= 4 is 45.9 Å². The van der Waals surface area contributed by atoms with E-state index >= 15 is 0 Å². The Bertz CT molecular complexity index is 510. The average Bonchev–Trinajstić information content (AvgIpc) is 2.98. The van der Waals surface area contributed by atoms with Crippen molar-refractivity contribution in [1.29, 1.82) is 0 Å². The van der Waals surface area contributed by atoms with E-state index in [2.05, 4.69) is 23.0 Å². The molecule has 0 spiro atoms. The monoisotopic (exact) mass is 334 g/mol. The van der Waals surface area contributed by atoms with E-state index in [1.165, 1.54) is 9.88 Å². The Hall–Kier alpha value is -0.130. The summed E-state index contributed by atoms with van der Waals surface area (Å²) in [6.07, 6.45) is 2.14. The molecule has 0 aliphatic rings. The van der Waals surface area contributed by atoms with Crippen LogP contribution in [0, 0.1) is 0 Å². The first-order valence-corrected chi connectivity index (χ1v) is 8.70. The topological polar surface area (TPSA) is 16.1 Å². The van der Waals surface area contributed by atoms with Gasteiger partial charge >= 0.3 is 0 Å². The highest BCUT2D eigenvalue weighted by atomic mass is 35.5. The highest BCUT2D eigenvalue weighted by Crippen LogP contribution is 2.22. The lowest BCUT2D eigenvalue weighted by Gasteiger charge is -2.14. The van der Waals surface area contributed by atoms with E-state index in [4.69, 9.17) is 23.2 Å². The second-order valence-electron chi connectivity index (χ2n) is 4.41. The molecule has 104 valence electrons. The maximum Gasteiger partial charge on any atom is 0.0931 e.